The fraction of sp³-hybridized carbons (Fsp3) is 0.435. The van der Waals surface area contributed by atoms with Gasteiger partial charge in [-0.25, -0.2) is 0 Å². The molecule has 2 aliphatic rings. The van der Waals surface area contributed by atoms with Crippen molar-refractivity contribution in [3.05, 3.63) is 64.2 Å². The summed E-state index contributed by atoms with van der Waals surface area (Å²) < 4.78 is 5.55. The van der Waals surface area contributed by atoms with E-state index in [1.807, 2.05) is 12.1 Å². The number of nitrogens with one attached hydrogen (secondary N) is 1. The highest BCUT2D eigenvalue weighted by atomic mass is 35.5. The third-order valence-corrected chi connectivity index (χ3v) is 6.23. The van der Waals surface area contributed by atoms with Gasteiger partial charge in [0.15, 0.2) is 0 Å². The van der Waals surface area contributed by atoms with Gasteiger partial charge in [-0.1, -0.05) is 35.9 Å². The number of amides is 1. The van der Waals surface area contributed by atoms with E-state index in [-0.39, 0.29) is 11.9 Å². The average molecular weight is 414 g/mol. The molecule has 2 aliphatic heterocycles. The first-order chi connectivity index (χ1) is 14.1. The predicted octanol–water partition coefficient (Wildman–Crippen LogP) is 3.53. The van der Waals surface area contributed by atoms with Crippen LogP contribution in [-0.4, -0.2) is 57.2 Å². The molecule has 2 heterocycles. The zero-order valence-corrected chi connectivity index (χ0v) is 17.6. The maximum atomic E-state index is 12.7. The minimum absolute atomic E-state index is 0.114. The molecule has 0 spiro atoms. The lowest BCUT2D eigenvalue weighted by Gasteiger charge is -2.36. The summed E-state index contributed by atoms with van der Waals surface area (Å²) in [6.07, 6.45) is 2.29. The maximum Gasteiger partial charge on any atom is 0.252 e. The first-order valence-corrected chi connectivity index (χ1v) is 10.7. The summed E-state index contributed by atoms with van der Waals surface area (Å²) in [5.74, 6) is -0.133. The van der Waals surface area contributed by atoms with Crippen molar-refractivity contribution >= 4 is 23.2 Å². The lowest BCUT2D eigenvalue weighted by molar-refractivity contribution is 0.0162. The van der Waals surface area contributed by atoms with Gasteiger partial charge >= 0.3 is 0 Å². The molecule has 0 bridgehead atoms. The number of benzene rings is 2. The van der Waals surface area contributed by atoms with Crippen molar-refractivity contribution in [3.8, 4) is 0 Å². The van der Waals surface area contributed by atoms with Crippen LogP contribution in [0.25, 0.3) is 0 Å². The van der Waals surface area contributed by atoms with E-state index in [1.54, 1.807) is 12.1 Å². The van der Waals surface area contributed by atoms with Crippen LogP contribution in [0.15, 0.2) is 42.5 Å². The summed E-state index contributed by atoms with van der Waals surface area (Å²) in [7, 11) is 2.15. The highest BCUT2D eigenvalue weighted by Crippen LogP contribution is 2.31. The van der Waals surface area contributed by atoms with Crippen LogP contribution in [0.2, 0.25) is 5.02 Å². The van der Waals surface area contributed by atoms with Crippen molar-refractivity contribution < 1.29 is 9.53 Å². The molecule has 6 heteroatoms. The van der Waals surface area contributed by atoms with Gasteiger partial charge in [0.2, 0.25) is 0 Å². The van der Waals surface area contributed by atoms with E-state index in [2.05, 4.69) is 40.4 Å². The number of rotatable bonds is 5. The van der Waals surface area contributed by atoms with Gasteiger partial charge in [-0.05, 0) is 42.2 Å². The van der Waals surface area contributed by atoms with Crippen molar-refractivity contribution in [2.75, 3.05) is 51.3 Å². The summed E-state index contributed by atoms with van der Waals surface area (Å²) in [5, 5.41) is 3.58. The summed E-state index contributed by atoms with van der Waals surface area (Å²) in [4.78, 5) is 17.4. The number of halogens is 1. The number of fused-ring (bicyclic) bond motifs is 1. The van der Waals surface area contributed by atoms with Gasteiger partial charge < -0.3 is 15.0 Å². The molecular formula is C23H28ClN3O2. The van der Waals surface area contributed by atoms with Crippen LogP contribution in [0, 0.1) is 0 Å². The Balaban J connectivity index is 1.55. The Hall–Kier alpha value is -2.08. The molecule has 0 radical (unpaired) electrons. The first-order valence-electron chi connectivity index (χ1n) is 10.3. The van der Waals surface area contributed by atoms with Crippen LogP contribution >= 0.6 is 11.6 Å². The van der Waals surface area contributed by atoms with Gasteiger partial charge in [-0.2, -0.15) is 0 Å². The number of morpholine rings is 1. The Labute approximate surface area is 177 Å². The van der Waals surface area contributed by atoms with Crippen LogP contribution in [-0.2, 0) is 11.2 Å². The zero-order chi connectivity index (χ0) is 20.2. The quantitative estimate of drug-likeness (QED) is 0.814. The Morgan fingerprint density at radius 3 is 2.76 bits per heavy atom. The molecule has 2 aromatic rings. The van der Waals surface area contributed by atoms with Crippen molar-refractivity contribution in [1.29, 1.82) is 0 Å². The minimum atomic E-state index is -0.133. The standard InChI is InChI=1S/C23H28ClN3O2/c1-26-10-4-5-17-15-18(8-9-21(17)26)22(27-11-13-29-14-12-27)16-25-23(28)19-6-2-3-7-20(19)24/h2-3,6-9,15,22H,4-5,10-14,16H2,1H3,(H,25,28)/t22-/m1/s1. The van der Waals surface area contributed by atoms with Gasteiger partial charge in [0, 0.05) is 38.9 Å². The second kappa shape index (κ2) is 9.16. The minimum Gasteiger partial charge on any atom is -0.379 e. The van der Waals surface area contributed by atoms with Crippen molar-refractivity contribution in [1.82, 2.24) is 10.2 Å². The monoisotopic (exact) mass is 413 g/mol. The second-order valence-electron chi connectivity index (χ2n) is 7.77. The Morgan fingerprint density at radius 1 is 1.17 bits per heavy atom. The Bertz CT molecular complexity index is 867. The SMILES string of the molecule is CN1CCCc2cc([C@@H](CNC(=O)c3ccccc3Cl)N3CCOCC3)ccc21. The fourth-order valence-corrected chi connectivity index (χ4v) is 4.51. The van der Waals surface area contributed by atoms with E-state index in [0.717, 1.165) is 39.3 Å². The lowest BCUT2D eigenvalue weighted by Crippen LogP contribution is -2.44. The molecule has 1 fully saturated rings. The summed E-state index contributed by atoms with van der Waals surface area (Å²) in [6, 6.07) is 14.1. The van der Waals surface area contributed by atoms with E-state index in [9.17, 15) is 4.79 Å². The predicted molar refractivity (Wildman–Crippen MR) is 117 cm³/mol. The Kier molecular flexibility index (Phi) is 6.38. The first kappa shape index (κ1) is 20.2. The van der Waals surface area contributed by atoms with Crippen LogP contribution in [0.5, 0.6) is 0 Å². The molecular weight excluding hydrogens is 386 g/mol. The molecule has 4 rings (SSSR count). The Morgan fingerprint density at radius 2 is 1.97 bits per heavy atom. The number of carbonyl (C=O) groups is 1. The summed E-state index contributed by atoms with van der Waals surface area (Å²) >= 11 is 6.20. The third kappa shape index (κ3) is 4.58. The molecule has 1 N–H and O–H groups in total. The molecule has 154 valence electrons. The maximum absolute atomic E-state index is 12.7. The number of nitrogens with zero attached hydrogens (tertiary/aromatic N) is 2. The summed E-state index contributed by atoms with van der Waals surface area (Å²) in [5.41, 5.74) is 4.48. The van der Waals surface area contributed by atoms with Crippen LogP contribution < -0.4 is 10.2 Å². The van der Waals surface area contributed by atoms with Crippen LogP contribution in [0.1, 0.15) is 33.9 Å². The number of hydrogen-bond donors (Lipinski definition) is 1. The molecule has 5 nitrogen and oxygen atoms in total. The molecule has 0 aliphatic carbocycles. The molecule has 0 saturated carbocycles. The number of anilines is 1. The van der Waals surface area contributed by atoms with E-state index in [1.165, 1.54) is 23.2 Å². The van der Waals surface area contributed by atoms with Gasteiger partial charge in [0.1, 0.15) is 0 Å². The van der Waals surface area contributed by atoms with Gasteiger partial charge in [0.05, 0.1) is 29.8 Å². The van der Waals surface area contributed by atoms with E-state index in [0.29, 0.717) is 17.1 Å². The number of aryl methyl sites for hydroxylation is 1. The molecule has 0 unspecified atom stereocenters. The van der Waals surface area contributed by atoms with Crippen LogP contribution in [0.3, 0.4) is 0 Å². The third-order valence-electron chi connectivity index (χ3n) is 5.90. The highest BCUT2D eigenvalue weighted by molar-refractivity contribution is 6.33. The number of ether oxygens (including phenoxy) is 1. The molecule has 1 saturated heterocycles. The van der Waals surface area contributed by atoms with E-state index < -0.39 is 0 Å². The van der Waals surface area contributed by atoms with Gasteiger partial charge in [-0.3, -0.25) is 9.69 Å². The van der Waals surface area contributed by atoms with Gasteiger partial charge in [-0.15, -0.1) is 0 Å². The molecule has 0 aromatic heterocycles. The molecule has 2 aromatic carbocycles. The molecule has 29 heavy (non-hydrogen) atoms. The summed E-state index contributed by atoms with van der Waals surface area (Å²) in [6.45, 7) is 4.82. The number of carbonyl (C=O) groups excluding carboxylic acids is 1. The largest absolute Gasteiger partial charge is 0.379 e. The highest BCUT2D eigenvalue weighted by Gasteiger charge is 2.25. The second-order valence-corrected chi connectivity index (χ2v) is 8.17. The fourth-order valence-electron chi connectivity index (χ4n) is 4.29. The normalized spacial score (nSPS) is 18.2. The zero-order valence-electron chi connectivity index (χ0n) is 16.9. The average Bonchev–Trinajstić information content (AvgIpc) is 2.75. The van der Waals surface area contributed by atoms with Gasteiger partial charge in [0.25, 0.3) is 5.91 Å². The van der Waals surface area contributed by atoms with Crippen molar-refractivity contribution in [2.24, 2.45) is 0 Å². The van der Waals surface area contributed by atoms with Crippen molar-refractivity contribution in [3.63, 3.8) is 0 Å². The lowest BCUT2D eigenvalue weighted by atomic mass is 9.95. The van der Waals surface area contributed by atoms with Crippen molar-refractivity contribution in [2.45, 2.75) is 18.9 Å². The van der Waals surface area contributed by atoms with E-state index >= 15 is 0 Å². The molecule has 1 amide bonds. The smallest absolute Gasteiger partial charge is 0.252 e. The molecule has 1 atom stereocenters. The number of hydrogen-bond acceptors (Lipinski definition) is 4. The van der Waals surface area contributed by atoms with Crippen LogP contribution in [0.4, 0.5) is 5.69 Å². The van der Waals surface area contributed by atoms with E-state index in [4.69, 9.17) is 16.3 Å². The topological polar surface area (TPSA) is 44.8 Å².